The van der Waals surface area contributed by atoms with Crippen LogP contribution in [0.1, 0.15) is 6.92 Å². The van der Waals surface area contributed by atoms with Crippen molar-refractivity contribution in [3.63, 3.8) is 0 Å². The summed E-state index contributed by atoms with van der Waals surface area (Å²) in [6, 6.07) is 7.79. The molecule has 0 saturated carbocycles. The summed E-state index contributed by atoms with van der Waals surface area (Å²) >= 11 is 3.03. The first-order valence-electron chi connectivity index (χ1n) is 7.22. The monoisotopic (exact) mass is 353 g/mol. The van der Waals surface area contributed by atoms with E-state index >= 15 is 0 Å². The Labute approximate surface area is 144 Å². The van der Waals surface area contributed by atoms with Crippen molar-refractivity contribution >= 4 is 35.4 Å². The average Bonchev–Trinajstić information content (AvgIpc) is 2.89. The van der Waals surface area contributed by atoms with Crippen LogP contribution < -0.4 is 4.74 Å². The number of esters is 1. The molecule has 0 spiro atoms. The second kappa shape index (κ2) is 8.88. The topological polar surface area (TPSA) is 55.8 Å². The van der Waals surface area contributed by atoms with E-state index in [1.165, 1.54) is 17.8 Å². The van der Waals surface area contributed by atoms with E-state index in [0.29, 0.717) is 23.9 Å². The van der Waals surface area contributed by atoms with Gasteiger partial charge < -0.3 is 14.4 Å². The highest BCUT2D eigenvalue weighted by Crippen LogP contribution is 2.30. The van der Waals surface area contributed by atoms with E-state index in [-0.39, 0.29) is 5.91 Å². The Morgan fingerprint density at radius 3 is 2.78 bits per heavy atom. The Morgan fingerprint density at radius 2 is 2.13 bits per heavy atom. The molecule has 1 aromatic carbocycles. The van der Waals surface area contributed by atoms with Gasteiger partial charge in [0.15, 0.2) is 0 Å². The zero-order chi connectivity index (χ0) is 16.7. The summed E-state index contributed by atoms with van der Waals surface area (Å²) in [6.45, 7) is 2.65. The summed E-state index contributed by atoms with van der Waals surface area (Å²) in [5.41, 5.74) is 0. The Hall–Kier alpha value is -1.60. The second-order valence-electron chi connectivity index (χ2n) is 4.59. The minimum absolute atomic E-state index is 0.0286. The Balaban J connectivity index is 1.89. The smallest absolute Gasteiger partial charge is 0.333 e. The lowest BCUT2D eigenvalue weighted by Gasteiger charge is -2.16. The van der Waals surface area contributed by atoms with Gasteiger partial charge in [-0.05, 0) is 31.2 Å². The van der Waals surface area contributed by atoms with Crippen molar-refractivity contribution in [1.82, 2.24) is 4.90 Å². The van der Waals surface area contributed by atoms with E-state index in [2.05, 4.69) is 0 Å². The Kier molecular flexibility index (Phi) is 6.85. The van der Waals surface area contributed by atoms with Crippen molar-refractivity contribution in [1.29, 1.82) is 0 Å². The number of hydrogen-bond acceptors (Lipinski definition) is 6. The highest BCUT2D eigenvalue weighted by molar-refractivity contribution is 8.04. The summed E-state index contributed by atoms with van der Waals surface area (Å²) in [6.07, 6.45) is 1.40. The zero-order valence-electron chi connectivity index (χ0n) is 13.1. The lowest BCUT2D eigenvalue weighted by molar-refractivity contribution is -0.137. The van der Waals surface area contributed by atoms with Gasteiger partial charge in [0.25, 0.3) is 0 Å². The molecule has 5 nitrogen and oxygen atoms in total. The van der Waals surface area contributed by atoms with Crippen LogP contribution in [0, 0.1) is 0 Å². The zero-order valence-corrected chi connectivity index (χ0v) is 14.7. The third kappa shape index (κ3) is 5.21. The van der Waals surface area contributed by atoms with Crippen LogP contribution >= 0.6 is 23.5 Å². The third-order valence-electron chi connectivity index (χ3n) is 3.08. The number of thioether (sulfide) groups is 2. The average molecular weight is 353 g/mol. The maximum Gasteiger partial charge on any atom is 0.333 e. The molecule has 7 heteroatoms. The number of nitrogens with zero attached hydrogens (tertiary/aromatic N) is 1. The quantitative estimate of drug-likeness (QED) is 0.427. The number of hydrogen-bond donors (Lipinski definition) is 0. The lowest BCUT2D eigenvalue weighted by atomic mass is 10.3. The fourth-order valence-electron chi connectivity index (χ4n) is 1.98. The summed E-state index contributed by atoms with van der Waals surface area (Å²) in [5, 5.41) is 0.670. The molecule has 1 aliphatic rings. The van der Waals surface area contributed by atoms with Gasteiger partial charge in [0.2, 0.25) is 5.91 Å². The molecule has 0 aromatic heterocycles. The van der Waals surface area contributed by atoms with Crippen molar-refractivity contribution in [2.24, 2.45) is 0 Å². The molecule has 0 bridgehead atoms. The van der Waals surface area contributed by atoms with Gasteiger partial charge in [-0.25, -0.2) is 4.79 Å². The molecule has 0 radical (unpaired) electrons. The summed E-state index contributed by atoms with van der Waals surface area (Å²) in [7, 11) is 1.64. The maximum atomic E-state index is 11.9. The van der Waals surface area contributed by atoms with Gasteiger partial charge in [-0.2, -0.15) is 0 Å². The minimum Gasteiger partial charge on any atom is -0.497 e. The molecule has 1 amide bonds. The lowest BCUT2D eigenvalue weighted by Crippen LogP contribution is -2.27. The summed E-state index contributed by atoms with van der Waals surface area (Å²) in [4.78, 5) is 26.2. The van der Waals surface area contributed by atoms with Crippen molar-refractivity contribution in [2.45, 2.75) is 11.8 Å². The number of rotatable bonds is 7. The van der Waals surface area contributed by atoms with Gasteiger partial charge in [0, 0.05) is 17.2 Å². The normalized spacial score (nSPS) is 16.0. The molecule has 0 unspecified atom stereocenters. The molecular weight excluding hydrogens is 334 g/mol. The molecule has 124 valence electrons. The summed E-state index contributed by atoms with van der Waals surface area (Å²) in [5.74, 6) is 1.57. The van der Waals surface area contributed by atoms with Crippen LogP contribution in [0.2, 0.25) is 0 Å². The SMILES string of the molecule is CCOC(=O)/C=C1\SCC(=O)N1CCSc1ccc(OC)cc1. The van der Waals surface area contributed by atoms with E-state index in [1.807, 2.05) is 24.3 Å². The van der Waals surface area contributed by atoms with E-state index < -0.39 is 5.97 Å². The van der Waals surface area contributed by atoms with Crippen LogP contribution in [0.15, 0.2) is 40.3 Å². The van der Waals surface area contributed by atoms with Crippen LogP contribution in [0.4, 0.5) is 0 Å². The number of carbonyl (C=O) groups excluding carboxylic acids is 2. The molecule has 0 N–H and O–H groups in total. The molecular formula is C16H19NO4S2. The van der Waals surface area contributed by atoms with Crippen LogP contribution in [-0.4, -0.2) is 48.5 Å². The van der Waals surface area contributed by atoms with Gasteiger partial charge in [-0.15, -0.1) is 11.8 Å². The van der Waals surface area contributed by atoms with Crippen molar-refractivity contribution in [3.05, 3.63) is 35.4 Å². The molecule has 2 rings (SSSR count). The van der Waals surface area contributed by atoms with Gasteiger partial charge in [0.05, 0.1) is 30.6 Å². The molecule has 1 aliphatic heterocycles. The molecule has 23 heavy (non-hydrogen) atoms. The van der Waals surface area contributed by atoms with Crippen molar-refractivity contribution < 1.29 is 19.1 Å². The molecule has 1 fully saturated rings. The van der Waals surface area contributed by atoms with Gasteiger partial charge in [0.1, 0.15) is 5.75 Å². The van der Waals surface area contributed by atoms with E-state index in [9.17, 15) is 9.59 Å². The molecule has 1 heterocycles. The fourth-order valence-corrected chi connectivity index (χ4v) is 3.77. The van der Waals surface area contributed by atoms with E-state index in [4.69, 9.17) is 9.47 Å². The first kappa shape index (κ1) is 17.7. The van der Waals surface area contributed by atoms with Crippen LogP contribution in [0.25, 0.3) is 0 Å². The molecule has 0 atom stereocenters. The predicted octanol–water partition coefficient (Wildman–Crippen LogP) is 2.77. The number of methoxy groups -OCH3 is 1. The van der Waals surface area contributed by atoms with Gasteiger partial charge in [-0.3, -0.25) is 4.79 Å². The first-order valence-corrected chi connectivity index (χ1v) is 9.19. The van der Waals surface area contributed by atoms with Crippen molar-refractivity contribution in [2.75, 3.05) is 31.8 Å². The fraction of sp³-hybridized carbons (Fsp3) is 0.375. The third-order valence-corrected chi connectivity index (χ3v) is 5.10. The van der Waals surface area contributed by atoms with E-state index in [0.717, 1.165) is 16.4 Å². The van der Waals surface area contributed by atoms with Crippen LogP contribution in [0.3, 0.4) is 0 Å². The van der Waals surface area contributed by atoms with Gasteiger partial charge >= 0.3 is 5.97 Å². The standard InChI is InChI=1S/C16H19NO4S2/c1-3-21-16(19)10-15-17(14(18)11-23-15)8-9-22-13-6-4-12(20-2)5-7-13/h4-7,10H,3,8-9,11H2,1-2H3/b15-10-. The minimum atomic E-state index is -0.405. The van der Waals surface area contributed by atoms with E-state index in [1.54, 1.807) is 30.7 Å². The number of amides is 1. The van der Waals surface area contributed by atoms with Crippen molar-refractivity contribution in [3.8, 4) is 5.75 Å². The van der Waals surface area contributed by atoms with Gasteiger partial charge in [-0.1, -0.05) is 11.8 Å². The van der Waals surface area contributed by atoms with Crippen LogP contribution in [-0.2, 0) is 14.3 Å². The molecule has 0 aliphatic carbocycles. The largest absolute Gasteiger partial charge is 0.497 e. The highest BCUT2D eigenvalue weighted by atomic mass is 32.2. The second-order valence-corrected chi connectivity index (χ2v) is 6.76. The van der Waals surface area contributed by atoms with Crippen LogP contribution in [0.5, 0.6) is 5.75 Å². The first-order chi connectivity index (χ1) is 11.1. The summed E-state index contributed by atoms with van der Waals surface area (Å²) < 4.78 is 10.0. The number of benzene rings is 1. The predicted molar refractivity (Wildman–Crippen MR) is 92.6 cm³/mol. The Bertz CT molecular complexity index is 586. The molecule has 1 saturated heterocycles. The number of carbonyl (C=O) groups is 2. The maximum absolute atomic E-state index is 11.9. The number of ether oxygens (including phenoxy) is 2. The highest BCUT2D eigenvalue weighted by Gasteiger charge is 2.27. The Morgan fingerprint density at radius 1 is 1.39 bits per heavy atom. The molecule has 1 aromatic rings.